The number of carbonyl (C=O) groups excluding carboxylic acids is 1. The van der Waals surface area contributed by atoms with E-state index in [-0.39, 0.29) is 5.91 Å². The first kappa shape index (κ1) is 16.7. The van der Waals surface area contributed by atoms with Crippen molar-refractivity contribution in [3.8, 4) is 0 Å². The fourth-order valence-corrected chi connectivity index (χ4v) is 3.01. The Balaban J connectivity index is 1.86. The van der Waals surface area contributed by atoms with Gasteiger partial charge in [-0.15, -0.1) is 0 Å². The van der Waals surface area contributed by atoms with Gasteiger partial charge in [0.15, 0.2) is 5.11 Å². The van der Waals surface area contributed by atoms with Crippen molar-refractivity contribution < 1.29 is 4.79 Å². The van der Waals surface area contributed by atoms with E-state index >= 15 is 0 Å². The van der Waals surface area contributed by atoms with Crippen molar-refractivity contribution in [3.05, 3.63) is 35.4 Å². The number of hydrogen-bond acceptors (Lipinski definition) is 2. The van der Waals surface area contributed by atoms with Crippen LogP contribution in [0.25, 0.3) is 0 Å². The smallest absolute Gasteiger partial charge is 0.251 e. The summed E-state index contributed by atoms with van der Waals surface area (Å²) in [5.74, 6) is -0.0607. The van der Waals surface area contributed by atoms with Gasteiger partial charge in [0.1, 0.15) is 0 Å². The van der Waals surface area contributed by atoms with E-state index in [4.69, 9.17) is 12.2 Å². The molecular formula is C17H25N3OS. The molecule has 0 spiro atoms. The zero-order valence-electron chi connectivity index (χ0n) is 13.4. The van der Waals surface area contributed by atoms with Crippen LogP contribution in [-0.4, -0.2) is 36.1 Å². The predicted molar refractivity (Wildman–Crippen MR) is 93.9 cm³/mol. The van der Waals surface area contributed by atoms with Crippen LogP contribution in [0, 0.1) is 0 Å². The Morgan fingerprint density at radius 2 is 1.86 bits per heavy atom. The largest absolute Gasteiger partial charge is 0.360 e. The molecule has 4 nitrogen and oxygen atoms in total. The summed E-state index contributed by atoms with van der Waals surface area (Å²) in [6, 6.07) is 8.17. The first-order valence-electron chi connectivity index (χ1n) is 7.93. The van der Waals surface area contributed by atoms with Crippen LogP contribution in [0.4, 0.5) is 0 Å². The highest BCUT2D eigenvalue weighted by molar-refractivity contribution is 7.80. The number of hydrogen-bond donors (Lipinski definition) is 2. The second-order valence-corrected chi connectivity index (χ2v) is 6.30. The van der Waals surface area contributed by atoms with E-state index in [0.29, 0.717) is 11.6 Å². The van der Waals surface area contributed by atoms with Crippen molar-refractivity contribution in [2.45, 2.75) is 44.7 Å². The molecule has 5 heteroatoms. The highest BCUT2D eigenvalue weighted by Gasteiger charge is 2.15. The van der Waals surface area contributed by atoms with Gasteiger partial charge < -0.3 is 15.5 Å². The molecule has 2 rings (SSSR count). The Bertz CT molecular complexity index is 509. The molecule has 0 aliphatic heterocycles. The van der Waals surface area contributed by atoms with Crippen LogP contribution in [-0.2, 0) is 6.54 Å². The Labute approximate surface area is 138 Å². The highest BCUT2D eigenvalue weighted by atomic mass is 32.1. The monoisotopic (exact) mass is 319 g/mol. The number of nitrogens with zero attached hydrogens (tertiary/aromatic N) is 1. The average Bonchev–Trinajstić information content (AvgIpc) is 2.55. The SMILES string of the molecule is CNC(=O)c1ccc(CN(C)C(=S)NC2CCCCC2)cc1. The van der Waals surface area contributed by atoms with Crippen LogP contribution in [0.3, 0.4) is 0 Å². The zero-order chi connectivity index (χ0) is 15.9. The summed E-state index contributed by atoms with van der Waals surface area (Å²) < 4.78 is 0. The molecule has 22 heavy (non-hydrogen) atoms. The summed E-state index contributed by atoms with van der Waals surface area (Å²) in [6.45, 7) is 0.743. The second-order valence-electron chi connectivity index (χ2n) is 5.92. The molecule has 120 valence electrons. The van der Waals surface area contributed by atoms with Crippen molar-refractivity contribution in [1.82, 2.24) is 15.5 Å². The minimum Gasteiger partial charge on any atom is -0.360 e. The molecule has 0 unspecified atom stereocenters. The van der Waals surface area contributed by atoms with Crippen molar-refractivity contribution >= 4 is 23.2 Å². The predicted octanol–water partition coefficient (Wildman–Crippen LogP) is 2.69. The van der Waals surface area contributed by atoms with Gasteiger partial charge in [-0.05, 0) is 42.8 Å². The van der Waals surface area contributed by atoms with Gasteiger partial charge >= 0.3 is 0 Å². The lowest BCUT2D eigenvalue weighted by Gasteiger charge is -2.28. The second kappa shape index (κ2) is 8.13. The molecule has 1 aliphatic rings. The van der Waals surface area contributed by atoms with Gasteiger partial charge in [-0.1, -0.05) is 31.4 Å². The highest BCUT2D eigenvalue weighted by Crippen LogP contribution is 2.17. The third-order valence-corrected chi connectivity index (χ3v) is 4.57. The maximum Gasteiger partial charge on any atom is 0.251 e. The molecular weight excluding hydrogens is 294 g/mol. The normalized spacial score (nSPS) is 15.2. The Morgan fingerprint density at radius 1 is 1.23 bits per heavy atom. The summed E-state index contributed by atoms with van der Waals surface area (Å²) in [5, 5.41) is 6.90. The molecule has 1 aromatic carbocycles. The zero-order valence-corrected chi connectivity index (χ0v) is 14.2. The standard InChI is InChI=1S/C17H25N3OS/c1-18-16(21)14-10-8-13(9-11-14)12-20(2)17(22)19-15-6-4-3-5-7-15/h8-11,15H,3-7,12H2,1-2H3,(H,18,21)(H,19,22). The first-order chi connectivity index (χ1) is 10.6. The van der Waals surface area contributed by atoms with E-state index in [1.807, 2.05) is 31.3 Å². The van der Waals surface area contributed by atoms with Crippen LogP contribution < -0.4 is 10.6 Å². The van der Waals surface area contributed by atoms with Gasteiger partial charge in [-0.25, -0.2) is 0 Å². The average molecular weight is 319 g/mol. The third-order valence-electron chi connectivity index (χ3n) is 4.14. The summed E-state index contributed by atoms with van der Waals surface area (Å²) in [7, 11) is 3.64. The number of rotatable bonds is 4. The molecule has 2 N–H and O–H groups in total. The van der Waals surface area contributed by atoms with Crippen molar-refractivity contribution in [2.24, 2.45) is 0 Å². The topological polar surface area (TPSA) is 44.4 Å². The number of nitrogens with one attached hydrogen (secondary N) is 2. The van der Waals surface area contributed by atoms with E-state index < -0.39 is 0 Å². The van der Waals surface area contributed by atoms with Crippen LogP contribution >= 0.6 is 12.2 Å². The molecule has 1 aromatic rings. The van der Waals surface area contributed by atoms with E-state index in [1.54, 1.807) is 7.05 Å². The van der Waals surface area contributed by atoms with Gasteiger partial charge in [0, 0.05) is 32.2 Å². The minimum absolute atomic E-state index is 0.0607. The number of thiocarbonyl (C=S) groups is 1. The number of carbonyl (C=O) groups is 1. The van der Waals surface area contributed by atoms with Gasteiger partial charge in [0.25, 0.3) is 5.91 Å². The summed E-state index contributed by atoms with van der Waals surface area (Å²) in [4.78, 5) is 13.6. The van der Waals surface area contributed by atoms with Gasteiger partial charge in [-0.3, -0.25) is 4.79 Å². The lowest BCUT2D eigenvalue weighted by molar-refractivity contribution is 0.0963. The molecule has 0 atom stereocenters. The van der Waals surface area contributed by atoms with Crippen LogP contribution in [0.5, 0.6) is 0 Å². The van der Waals surface area contributed by atoms with E-state index in [0.717, 1.165) is 17.2 Å². The van der Waals surface area contributed by atoms with Gasteiger partial charge in [0.2, 0.25) is 0 Å². The first-order valence-corrected chi connectivity index (χ1v) is 8.33. The molecule has 0 bridgehead atoms. The van der Waals surface area contributed by atoms with E-state index in [2.05, 4.69) is 15.5 Å². The Hall–Kier alpha value is -1.62. The minimum atomic E-state index is -0.0607. The lowest BCUT2D eigenvalue weighted by atomic mass is 9.96. The maximum absolute atomic E-state index is 11.5. The molecule has 0 radical (unpaired) electrons. The maximum atomic E-state index is 11.5. The Morgan fingerprint density at radius 3 is 2.45 bits per heavy atom. The quantitative estimate of drug-likeness (QED) is 0.838. The van der Waals surface area contributed by atoms with Crippen LogP contribution in [0.15, 0.2) is 24.3 Å². The number of benzene rings is 1. The van der Waals surface area contributed by atoms with Crippen LogP contribution in [0.1, 0.15) is 48.0 Å². The molecule has 1 aliphatic carbocycles. The molecule has 1 fully saturated rings. The van der Waals surface area contributed by atoms with Crippen molar-refractivity contribution in [3.63, 3.8) is 0 Å². The van der Waals surface area contributed by atoms with Gasteiger partial charge in [-0.2, -0.15) is 0 Å². The summed E-state index contributed by atoms with van der Waals surface area (Å²) in [5.41, 5.74) is 1.82. The molecule has 0 saturated heterocycles. The fraction of sp³-hybridized carbons (Fsp3) is 0.529. The Kier molecular flexibility index (Phi) is 6.19. The van der Waals surface area contributed by atoms with E-state index in [1.165, 1.54) is 32.1 Å². The molecule has 1 amide bonds. The lowest BCUT2D eigenvalue weighted by Crippen LogP contribution is -2.43. The van der Waals surface area contributed by atoms with Crippen molar-refractivity contribution in [2.75, 3.05) is 14.1 Å². The molecule has 0 aromatic heterocycles. The molecule has 1 saturated carbocycles. The third kappa shape index (κ3) is 4.70. The number of amides is 1. The van der Waals surface area contributed by atoms with Crippen molar-refractivity contribution in [1.29, 1.82) is 0 Å². The summed E-state index contributed by atoms with van der Waals surface area (Å²) in [6.07, 6.45) is 6.37. The fourth-order valence-electron chi connectivity index (χ4n) is 2.78. The summed E-state index contributed by atoms with van der Waals surface area (Å²) >= 11 is 5.49. The van der Waals surface area contributed by atoms with Crippen LogP contribution in [0.2, 0.25) is 0 Å². The van der Waals surface area contributed by atoms with E-state index in [9.17, 15) is 4.79 Å². The van der Waals surface area contributed by atoms with Gasteiger partial charge in [0.05, 0.1) is 0 Å². The molecule has 0 heterocycles.